The van der Waals surface area contributed by atoms with E-state index in [2.05, 4.69) is 10.1 Å². The van der Waals surface area contributed by atoms with Crippen molar-refractivity contribution in [1.82, 2.24) is 0 Å². The topological polar surface area (TPSA) is 26.3 Å². The Morgan fingerprint density at radius 2 is 2.75 bits per heavy atom. The zero-order valence-electron chi connectivity index (χ0n) is 3.96. The Kier molecular flexibility index (Phi) is 1.64. The third-order valence-electron chi connectivity index (χ3n) is 0.611. The SMILES string of the molecule is O=COc1cc[c]s1. The van der Waals surface area contributed by atoms with Crippen molar-refractivity contribution in [1.29, 1.82) is 0 Å². The highest BCUT2D eigenvalue weighted by Crippen LogP contribution is 2.15. The summed E-state index contributed by atoms with van der Waals surface area (Å²) in [6.45, 7) is 0.402. The minimum absolute atomic E-state index is 0.402. The number of carbonyl (C=O) groups is 1. The summed E-state index contributed by atoms with van der Waals surface area (Å²) in [6, 6.07) is 3.38. The molecule has 0 aromatic carbocycles. The highest BCUT2D eigenvalue weighted by molar-refractivity contribution is 7.11. The largest absolute Gasteiger partial charge is 0.418 e. The molecule has 0 saturated carbocycles. The van der Waals surface area contributed by atoms with Crippen molar-refractivity contribution in [2.45, 2.75) is 0 Å². The Bertz CT molecular complexity index is 157. The van der Waals surface area contributed by atoms with Gasteiger partial charge in [0.25, 0.3) is 6.47 Å². The van der Waals surface area contributed by atoms with E-state index in [4.69, 9.17) is 0 Å². The van der Waals surface area contributed by atoms with Gasteiger partial charge in [0.1, 0.15) is 0 Å². The summed E-state index contributed by atoms with van der Waals surface area (Å²) in [5.41, 5.74) is 0. The summed E-state index contributed by atoms with van der Waals surface area (Å²) in [7, 11) is 0. The van der Waals surface area contributed by atoms with E-state index in [1.54, 1.807) is 12.1 Å². The van der Waals surface area contributed by atoms with Crippen LogP contribution in [0.1, 0.15) is 0 Å². The number of rotatable bonds is 2. The van der Waals surface area contributed by atoms with Gasteiger partial charge < -0.3 is 4.74 Å². The molecule has 1 heterocycles. The zero-order valence-corrected chi connectivity index (χ0v) is 4.77. The van der Waals surface area contributed by atoms with Crippen LogP contribution in [0.15, 0.2) is 12.1 Å². The van der Waals surface area contributed by atoms with Gasteiger partial charge in [-0.3, -0.25) is 4.79 Å². The fourth-order valence-electron chi connectivity index (χ4n) is 0.339. The molecule has 0 amide bonds. The molecule has 0 aliphatic heterocycles. The maximum atomic E-state index is 9.64. The van der Waals surface area contributed by atoms with E-state index in [9.17, 15) is 4.79 Å². The van der Waals surface area contributed by atoms with Crippen molar-refractivity contribution < 1.29 is 9.53 Å². The molecule has 41 valence electrons. The van der Waals surface area contributed by atoms with E-state index in [0.717, 1.165) is 0 Å². The first-order valence-electron chi connectivity index (χ1n) is 1.99. The number of ether oxygens (including phenoxy) is 1. The lowest BCUT2D eigenvalue weighted by atomic mass is 10.7. The van der Waals surface area contributed by atoms with Gasteiger partial charge in [-0.25, -0.2) is 0 Å². The Labute approximate surface area is 50.7 Å². The molecule has 0 unspecified atom stereocenters. The molecule has 8 heavy (non-hydrogen) atoms. The summed E-state index contributed by atoms with van der Waals surface area (Å²) < 4.78 is 4.45. The van der Waals surface area contributed by atoms with Crippen LogP contribution in [0.4, 0.5) is 0 Å². The summed E-state index contributed by atoms with van der Waals surface area (Å²) in [4.78, 5) is 9.64. The third kappa shape index (κ3) is 1.07. The minimum Gasteiger partial charge on any atom is -0.418 e. The smallest absolute Gasteiger partial charge is 0.299 e. The molecule has 0 bridgehead atoms. The molecule has 0 aliphatic carbocycles. The molecular formula is C5H3O2S. The highest BCUT2D eigenvalue weighted by atomic mass is 32.1. The number of thiophene rings is 1. The van der Waals surface area contributed by atoms with Gasteiger partial charge >= 0.3 is 0 Å². The molecule has 0 N–H and O–H groups in total. The van der Waals surface area contributed by atoms with E-state index in [0.29, 0.717) is 11.5 Å². The lowest BCUT2D eigenvalue weighted by molar-refractivity contribution is -0.120. The zero-order chi connectivity index (χ0) is 5.82. The lowest BCUT2D eigenvalue weighted by Crippen LogP contribution is -1.82. The minimum atomic E-state index is 0.402. The average Bonchev–Trinajstić information content (AvgIpc) is 2.19. The monoisotopic (exact) mass is 127 g/mol. The van der Waals surface area contributed by atoms with Gasteiger partial charge in [-0.2, -0.15) is 0 Å². The standard InChI is InChI=1S/C5H3O2S/c6-4-7-5-2-1-3-8-5/h1-2,4H. The molecule has 0 aliphatic rings. The van der Waals surface area contributed by atoms with Crippen molar-refractivity contribution in [3.63, 3.8) is 0 Å². The molecule has 1 aromatic heterocycles. The van der Waals surface area contributed by atoms with Crippen LogP contribution in [0.3, 0.4) is 0 Å². The highest BCUT2D eigenvalue weighted by Gasteiger charge is 1.87. The van der Waals surface area contributed by atoms with Gasteiger partial charge in [-0.15, -0.1) is 0 Å². The number of hydrogen-bond donors (Lipinski definition) is 0. The first kappa shape index (κ1) is 5.31. The fraction of sp³-hybridized carbons (Fsp3) is 0. The van der Waals surface area contributed by atoms with Crippen LogP contribution in [-0.4, -0.2) is 6.47 Å². The molecule has 1 radical (unpaired) electrons. The van der Waals surface area contributed by atoms with Crippen molar-refractivity contribution in [2.75, 3.05) is 0 Å². The van der Waals surface area contributed by atoms with E-state index < -0.39 is 0 Å². The first-order chi connectivity index (χ1) is 3.93. The van der Waals surface area contributed by atoms with Crippen LogP contribution in [0, 0.1) is 5.38 Å². The van der Waals surface area contributed by atoms with Crippen molar-refractivity contribution in [3.8, 4) is 5.06 Å². The van der Waals surface area contributed by atoms with Crippen molar-refractivity contribution >= 4 is 17.8 Å². The number of hydrogen-bond acceptors (Lipinski definition) is 3. The number of carbonyl (C=O) groups excluding carboxylic acids is 1. The van der Waals surface area contributed by atoms with E-state index in [-0.39, 0.29) is 0 Å². The second kappa shape index (κ2) is 2.47. The normalized spacial score (nSPS) is 8.50. The third-order valence-corrected chi connectivity index (χ3v) is 1.30. The van der Waals surface area contributed by atoms with Gasteiger partial charge in [0.2, 0.25) is 0 Å². The van der Waals surface area contributed by atoms with Crippen LogP contribution < -0.4 is 4.74 Å². The van der Waals surface area contributed by atoms with Crippen LogP contribution >= 0.6 is 11.3 Å². The fourth-order valence-corrected chi connectivity index (χ4v) is 0.815. The van der Waals surface area contributed by atoms with E-state index in [1.807, 2.05) is 0 Å². The van der Waals surface area contributed by atoms with Gasteiger partial charge in [0.15, 0.2) is 5.06 Å². The Morgan fingerprint density at radius 3 is 3.25 bits per heavy atom. The molecule has 0 atom stereocenters. The first-order valence-corrected chi connectivity index (χ1v) is 2.81. The lowest BCUT2D eigenvalue weighted by Gasteiger charge is -1.84. The van der Waals surface area contributed by atoms with E-state index >= 15 is 0 Å². The van der Waals surface area contributed by atoms with Crippen molar-refractivity contribution in [3.05, 3.63) is 17.5 Å². The molecule has 0 saturated heterocycles. The van der Waals surface area contributed by atoms with Crippen molar-refractivity contribution in [2.24, 2.45) is 0 Å². The van der Waals surface area contributed by atoms with Gasteiger partial charge in [0.05, 0.1) is 0 Å². The second-order valence-corrected chi connectivity index (χ2v) is 1.93. The molecular weight excluding hydrogens is 124 g/mol. The molecule has 1 rings (SSSR count). The van der Waals surface area contributed by atoms with Crippen LogP contribution in [0.5, 0.6) is 5.06 Å². The van der Waals surface area contributed by atoms with E-state index in [1.165, 1.54) is 11.3 Å². The quantitative estimate of drug-likeness (QED) is 0.556. The Hall–Kier alpha value is -0.830. The molecule has 3 heteroatoms. The second-order valence-electron chi connectivity index (χ2n) is 1.09. The van der Waals surface area contributed by atoms with Gasteiger partial charge in [-0.05, 0) is 12.1 Å². The molecule has 0 fully saturated rings. The predicted molar refractivity (Wildman–Crippen MR) is 29.8 cm³/mol. The summed E-state index contributed by atoms with van der Waals surface area (Å²) >= 11 is 1.27. The maximum Gasteiger partial charge on any atom is 0.299 e. The molecule has 0 spiro atoms. The predicted octanol–water partition coefficient (Wildman–Crippen LogP) is 1.08. The van der Waals surface area contributed by atoms with Gasteiger partial charge in [-0.1, -0.05) is 11.3 Å². The maximum absolute atomic E-state index is 9.64. The molecule has 2 nitrogen and oxygen atoms in total. The van der Waals surface area contributed by atoms with Crippen LogP contribution in [-0.2, 0) is 4.79 Å². The summed E-state index contributed by atoms with van der Waals surface area (Å²) in [6.07, 6.45) is 0. The van der Waals surface area contributed by atoms with Crippen LogP contribution in [0.25, 0.3) is 0 Å². The average molecular weight is 127 g/mol. The Balaban J connectivity index is 2.62. The Morgan fingerprint density at radius 1 is 1.88 bits per heavy atom. The summed E-state index contributed by atoms with van der Waals surface area (Å²) in [5, 5.41) is 3.36. The van der Waals surface area contributed by atoms with Gasteiger partial charge in [0, 0.05) is 5.38 Å². The summed E-state index contributed by atoms with van der Waals surface area (Å²) in [5.74, 6) is 0. The molecule has 1 aromatic rings. The van der Waals surface area contributed by atoms with Crippen LogP contribution in [0.2, 0.25) is 0 Å².